The van der Waals surface area contributed by atoms with Gasteiger partial charge >= 0.3 is 5.97 Å². The maximum absolute atomic E-state index is 10.5. The van der Waals surface area contributed by atoms with E-state index >= 15 is 0 Å². The highest BCUT2D eigenvalue weighted by atomic mass is 32.1. The molecule has 0 aromatic carbocycles. The van der Waals surface area contributed by atoms with E-state index in [9.17, 15) is 9.59 Å². The number of carboxylic acid groups (broad SMARTS) is 1. The summed E-state index contributed by atoms with van der Waals surface area (Å²) in [7, 11) is 0. The first kappa shape index (κ1) is 9.92. The summed E-state index contributed by atoms with van der Waals surface area (Å²) >= 11 is 1.54. The third kappa shape index (κ3) is 3.38. The highest BCUT2D eigenvalue weighted by Gasteiger charge is 2.12. The number of hydrogen-bond acceptors (Lipinski definition) is 3. The maximum atomic E-state index is 10.5. The van der Waals surface area contributed by atoms with Crippen molar-refractivity contribution in [3.63, 3.8) is 0 Å². The quantitative estimate of drug-likeness (QED) is 0.731. The third-order valence-electron chi connectivity index (χ3n) is 1.67. The van der Waals surface area contributed by atoms with Gasteiger partial charge in [0.15, 0.2) is 0 Å². The van der Waals surface area contributed by atoms with Gasteiger partial charge in [-0.1, -0.05) is 6.07 Å². The number of aldehydes is 1. The zero-order valence-electron chi connectivity index (χ0n) is 6.97. The van der Waals surface area contributed by atoms with Crippen LogP contribution in [0.2, 0.25) is 0 Å². The Morgan fingerprint density at radius 3 is 2.92 bits per heavy atom. The molecule has 1 atom stereocenters. The van der Waals surface area contributed by atoms with Crippen molar-refractivity contribution in [1.82, 2.24) is 0 Å². The van der Waals surface area contributed by atoms with Gasteiger partial charge in [-0.05, 0) is 17.9 Å². The summed E-state index contributed by atoms with van der Waals surface area (Å²) in [5, 5.41) is 10.4. The average Bonchev–Trinajstić information content (AvgIpc) is 2.55. The van der Waals surface area contributed by atoms with E-state index in [1.54, 1.807) is 11.3 Å². The number of aliphatic carboxylic acids is 1. The van der Waals surface area contributed by atoms with Crippen molar-refractivity contribution >= 4 is 23.6 Å². The van der Waals surface area contributed by atoms with Crippen LogP contribution < -0.4 is 0 Å². The Hall–Kier alpha value is -1.16. The predicted molar refractivity (Wildman–Crippen MR) is 49.8 cm³/mol. The first-order chi connectivity index (χ1) is 6.22. The first-order valence-electron chi connectivity index (χ1n) is 3.92. The standard InChI is InChI=1S/C9H10O3S/c10-6-7(5-9(11)12)4-8-2-1-3-13-8/h1-3,6-7H,4-5H2,(H,11,12). The normalized spacial score (nSPS) is 12.3. The lowest BCUT2D eigenvalue weighted by Crippen LogP contribution is -2.11. The topological polar surface area (TPSA) is 54.4 Å². The number of thiophene rings is 1. The monoisotopic (exact) mass is 198 g/mol. The van der Waals surface area contributed by atoms with E-state index < -0.39 is 11.9 Å². The van der Waals surface area contributed by atoms with Crippen LogP contribution in [0.4, 0.5) is 0 Å². The van der Waals surface area contributed by atoms with Crippen LogP contribution in [0.15, 0.2) is 17.5 Å². The summed E-state index contributed by atoms with van der Waals surface area (Å²) in [5.74, 6) is -1.31. The lowest BCUT2D eigenvalue weighted by molar-refractivity contribution is -0.139. The molecule has 1 heterocycles. The van der Waals surface area contributed by atoms with E-state index in [4.69, 9.17) is 5.11 Å². The van der Waals surface area contributed by atoms with E-state index in [2.05, 4.69) is 0 Å². The smallest absolute Gasteiger partial charge is 0.304 e. The van der Waals surface area contributed by atoms with Crippen LogP contribution in [0, 0.1) is 5.92 Å². The number of rotatable bonds is 5. The van der Waals surface area contributed by atoms with Crippen molar-refractivity contribution in [1.29, 1.82) is 0 Å². The molecular weight excluding hydrogens is 188 g/mol. The molecule has 13 heavy (non-hydrogen) atoms. The molecule has 4 heteroatoms. The van der Waals surface area contributed by atoms with Gasteiger partial charge in [-0.15, -0.1) is 11.3 Å². The van der Waals surface area contributed by atoms with Gasteiger partial charge in [0.1, 0.15) is 6.29 Å². The summed E-state index contributed by atoms with van der Waals surface area (Å²) < 4.78 is 0. The molecule has 1 rings (SSSR count). The lowest BCUT2D eigenvalue weighted by atomic mass is 10.0. The molecule has 1 aromatic rings. The van der Waals surface area contributed by atoms with E-state index in [-0.39, 0.29) is 6.42 Å². The van der Waals surface area contributed by atoms with Crippen molar-refractivity contribution in [3.05, 3.63) is 22.4 Å². The fourth-order valence-corrected chi connectivity index (χ4v) is 1.88. The van der Waals surface area contributed by atoms with Crippen LogP contribution in [-0.2, 0) is 16.0 Å². The van der Waals surface area contributed by atoms with Gasteiger partial charge in [0.05, 0.1) is 6.42 Å². The minimum absolute atomic E-state index is 0.0819. The van der Waals surface area contributed by atoms with Crippen LogP contribution in [0.5, 0.6) is 0 Å². The molecule has 0 bridgehead atoms. The van der Waals surface area contributed by atoms with Crippen LogP contribution in [0.1, 0.15) is 11.3 Å². The first-order valence-corrected chi connectivity index (χ1v) is 4.80. The third-order valence-corrected chi connectivity index (χ3v) is 2.57. The molecule has 0 saturated carbocycles. The Balaban J connectivity index is 2.49. The SMILES string of the molecule is O=CC(CC(=O)O)Cc1cccs1. The highest BCUT2D eigenvalue weighted by molar-refractivity contribution is 7.09. The largest absolute Gasteiger partial charge is 0.481 e. The molecule has 1 unspecified atom stereocenters. The summed E-state index contributed by atoms with van der Waals surface area (Å²) in [4.78, 5) is 21.9. The molecule has 0 aliphatic heterocycles. The Labute approximate surface area is 80.0 Å². The molecule has 0 saturated heterocycles. The summed E-state index contributed by atoms with van der Waals surface area (Å²) in [6.07, 6.45) is 1.17. The Morgan fingerprint density at radius 2 is 2.46 bits per heavy atom. The molecular formula is C9H10O3S. The van der Waals surface area contributed by atoms with Gasteiger partial charge in [0.2, 0.25) is 0 Å². The molecule has 0 amide bonds. The van der Waals surface area contributed by atoms with Crippen molar-refractivity contribution in [3.8, 4) is 0 Å². The molecule has 3 nitrogen and oxygen atoms in total. The van der Waals surface area contributed by atoms with E-state index in [1.807, 2.05) is 17.5 Å². The van der Waals surface area contributed by atoms with Crippen LogP contribution >= 0.6 is 11.3 Å². The van der Waals surface area contributed by atoms with Crippen LogP contribution in [0.25, 0.3) is 0 Å². The summed E-state index contributed by atoms with van der Waals surface area (Å²) in [6.45, 7) is 0. The summed E-state index contributed by atoms with van der Waals surface area (Å²) in [5.41, 5.74) is 0. The van der Waals surface area contributed by atoms with Crippen molar-refractivity contribution in [2.24, 2.45) is 5.92 Å². The molecule has 0 aliphatic rings. The zero-order valence-corrected chi connectivity index (χ0v) is 7.79. The maximum Gasteiger partial charge on any atom is 0.304 e. The molecule has 0 aliphatic carbocycles. The second kappa shape index (κ2) is 4.77. The number of hydrogen-bond donors (Lipinski definition) is 1. The molecule has 0 spiro atoms. The van der Waals surface area contributed by atoms with Crippen LogP contribution in [-0.4, -0.2) is 17.4 Å². The fourth-order valence-electron chi connectivity index (χ4n) is 1.08. The minimum atomic E-state index is -0.923. The Kier molecular flexibility index (Phi) is 3.64. The Bertz CT molecular complexity index is 279. The van der Waals surface area contributed by atoms with Gasteiger partial charge in [0.25, 0.3) is 0 Å². The molecule has 0 radical (unpaired) electrons. The van der Waals surface area contributed by atoms with Crippen LogP contribution in [0.3, 0.4) is 0 Å². The summed E-state index contributed by atoms with van der Waals surface area (Å²) in [6, 6.07) is 3.80. The minimum Gasteiger partial charge on any atom is -0.481 e. The van der Waals surface area contributed by atoms with Crippen molar-refractivity contribution in [2.75, 3.05) is 0 Å². The second-order valence-electron chi connectivity index (χ2n) is 2.78. The number of carbonyl (C=O) groups is 2. The molecule has 70 valence electrons. The van der Waals surface area contributed by atoms with Gasteiger partial charge in [-0.25, -0.2) is 0 Å². The lowest BCUT2D eigenvalue weighted by Gasteiger charge is -2.04. The van der Waals surface area contributed by atoms with Gasteiger partial charge in [-0.2, -0.15) is 0 Å². The average molecular weight is 198 g/mol. The second-order valence-corrected chi connectivity index (χ2v) is 3.81. The molecule has 1 aromatic heterocycles. The molecule has 0 fully saturated rings. The number of carboxylic acids is 1. The van der Waals surface area contributed by atoms with E-state index in [0.29, 0.717) is 12.7 Å². The van der Waals surface area contributed by atoms with Crippen molar-refractivity contribution < 1.29 is 14.7 Å². The van der Waals surface area contributed by atoms with Gasteiger partial charge in [0, 0.05) is 10.8 Å². The Morgan fingerprint density at radius 1 is 1.69 bits per heavy atom. The fraction of sp³-hybridized carbons (Fsp3) is 0.333. The highest BCUT2D eigenvalue weighted by Crippen LogP contribution is 2.15. The zero-order chi connectivity index (χ0) is 9.68. The van der Waals surface area contributed by atoms with E-state index in [0.717, 1.165) is 4.88 Å². The van der Waals surface area contributed by atoms with Gasteiger partial charge in [-0.3, -0.25) is 4.79 Å². The predicted octanol–water partition coefficient (Wildman–Crippen LogP) is 1.58. The number of carbonyl (C=O) groups excluding carboxylic acids is 1. The molecule has 1 N–H and O–H groups in total. The van der Waals surface area contributed by atoms with Gasteiger partial charge < -0.3 is 9.90 Å². The van der Waals surface area contributed by atoms with E-state index in [1.165, 1.54) is 0 Å². The van der Waals surface area contributed by atoms with Crippen molar-refractivity contribution in [2.45, 2.75) is 12.8 Å².